The molecular weight excluding hydrogens is 242 g/mol. The minimum Gasteiger partial charge on any atom is -0.480 e. The van der Waals surface area contributed by atoms with Gasteiger partial charge in [0.2, 0.25) is 0 Å². The van der Waals surface area contributed by atoms with Gasteiger partial charge >= 0.3 is 5.97 Å². The number of carboxylic acids is 1. The molecule has 2 atom stereocenters. The first kappa shape index (κ1) is 12.1. The van der Waals surface area contributed by atoms with Crippen LogP contribution in [0.5, 0.6) is 0 Å². The summed E-state index contributed by atoms with van der Waals surface area (Å²) in [5.74, 6) is -1.27. The fourth-order valence-corrected chi connectivity index (χ4v) is 3.75. The molecule has 1 saturated carbocycles. The van der Waals surface area contributed by atoms with Gasteiger partial charge in [0.1, 0.15) is 5.54 Å². The quantitative estimate of drug-likeness (QED) is 0.810. The Morgan fingerprint density at radius 1 is 1.41 bits per heavy atom. The molecule has 92 valence electrons. The van der Waals surface area contributed by atoms with Crippen molar-refractivity contribution < 1.29 is 18.3 Å². The zero-order valence-corrected chi connectivity index (χ0v) is 10.1. The molecule has 5 nitrogen and oxygen atoms in total. The summed E-state index contributed by atoms with van der Waals surface area (Å²) in [5, 5.41) is 7.83. The molecule has 0 heterocycles. The Labute approximate surface area is 99.2 Å². The molecule has 0 bridgehead atoms. The standard InChI is InChI=1S/C11H13NO4S/c1-7-2-4-8(5-3-7)17(15,16)9-6-11(9,12)10(13)14/h2-5,9H,6,12H2,1H3,(H,13,14)/t9-,11+/m1/s1. The molecule has 0 spiro atoms. The first-order valence-corrected chi connectivity index (χ1v) is 6.66. The Balaban J connectivity index is 2.34. The fraction of sp³-hybridized carbons (Fsp3) is 0.364. The Morgan fingerprint density at radius 2 is 1.94 bits per heavy atom. The maximum absolute atomic E-state index is 12.1. The highest BCUT2D eigenvalue weighted by Crippen LogP contribution is 2.42. The number of rotatable bonds is 3. The van der Waals surface area contributed by atoms with E-state index in [4.69, 9.17) is 10.8 Å². The Bertz CT molecular complexity index is 564. The third-order valence-corrected chi connectivity index (χ3v) is 5.33. The second kappa shape index (κ2) is 3.54. The van der Waals surface area contributed by atoms with E-state index in [2.05, 4.69) is 0 Å². The normalized spacial score (nSPS) is 27.8. The van der Waals surface area contributed by atoms with Crippen molar-refractivity contribution in [3.63, 3.8) is 0 Å². The third-order valence-electron chi connectivity index (χ3n) is 3.06. The first-order chi connectivity index (χ1) is 7.78. The van der Waals surface area contributed by atoms with Crippen molar-refractivity contribution in [3.05, 3.63) is 29.8 Å². The number of benzene rings is 1. The van der Waals surface area contributed by atoms with Gasteiger partial charge in [0.05, 0.1) is 10.1 Å². The maximum atomic E-state index is 12.1. The summed E-state index contributed by atoms with van der Waals surface area (Å²) in [7, 11) is -3.64. The molecule has 3 N–H and O–H groups in total. The van der Waals surface area contributed by atoms with Gasteiger partial charge in [-0.1, -0.05) is 17.7 Å². The molecule has 6 heteroatoms. The number of carbonyl (C=O) groups is 1. The third kappa shape index (κ3) is 1.83. The summed E-state index contributed by atoms with van der Waals surface area (Å²) in [4.78, 5) is 11.0. The maximum Gasteiger partial charge on any atom is 0.325 e. The summed E-state index contributed by atoms with van der Waals surface area (Å²) < 4.78 is 24.2. The van der Waals surface area contributed by atoms with E-state index < -0.39 is 26.6 Å². The molecule has 0 radical (unpaired) electrons. The minimum atomic E-state index is -3.64. The van der Waals surface area contributed by atoms with E-state index in [1.807, 2.05) is 6.92 Å². The van der Waals surface area contributed by atoms with Crippen LogP contribution in [0.15, 0.2) is 29.2 Å². The summed E-state index contributed by atoms with van der Waals surface area (Å²) in [5.41, 5.74) is 4.83. The van der Waals surface area contributed by atoms with E-state index in [9.17, 15) is 13.2 Å². The van der Waals surface area contributed by atoms with E-state index >= 15 is 0 Å². The highest BCUT2D eigenvalue weighted by atomic mass is 32.2. The van der Waals surface area contributed by atoms with Crippen LogP contribution < -0.4 is 5.73 Å². The fourth-order valence-electron chi connectivity index (χ4n) is 1.75. The van der Waals surface area contributed by atoms with E-state index in [1.165, 1.54) is 12.1 Å². The smallest absolute Gasteiger partial charge is 0.325 e. The van der Waals surface area contributed by atoms with E-state index in [-0.39, 0.29) is 11.3 Å². The van der Waals surface area contributed by atoms with Crippen molar-refractivity contribution >= 4 is 15.8 Å². The molecular formula is C11H13NO4S. The number of carboxylic acid groups (broad SMARTS) is 1. The van der Waals surface area contributed by atoms with Crippen molar-refractivity contribution in [3.8, 4) is 0 Å². The minimum absolute atomic E-state index is 0.0292. The summed E-state index contributed by atoms with van der Waals surface area (Å²) in [6.07, 6.45) is -0.0292. The molecule has 1 aromatic carbocycles. The molecule has 1 aliphatic rings. The summed E-state index contributed by atoms with van der Waals surface area (Å²) in [6.45, 7) is 1.85. The second-order valence-electron chi connectivity index (χ2n) is 4.40. The van der Waals surface area contributed by atoms with Crippen molar-refractivity contribution in [2.45, 2.75) is 29.0 Å². The van der Waals surface area contributed by atoms with E-state index in [1.54, 1.807) is 12.1 Å². The lowest BCUT2D eigenvalue weighted by Crippen LogP contribution is -2.38. The van der Waals surface area contributed by atoms with Crippen molar-refractivity contribution in [2.24, 2.45) is 5.73 Å². The number of hydrogen-bond acceptors (Lipinski definition) is 4. The van der Waals surface area contributed by atoms with Gasteiger partial charge in [-0.3, -0.25) is 4.79 Å². The lowest BCUT2D eigenvalue weighted by atomic mass is 10.2. The highest BCUT2D eigenvalue weighted by Gasteiger charge is 2.64. The predicted molar refractivity (Wildman–Crippen MR) is 61.3 cm³/mol. The number of sulfone groups is 1. The molecule has 2 rings (SSSR count). The predicted octanol–water partition coefficient (Wildman–Crippen LogP) is 0.323. The van der Waals surface area contributed by atoms with E-state index in [0.717, 1.165) is 5.56 Å². The molecule has 0 aromatic heterocycles. The lowest BCUT2D eigenvalue weighted by Gasteiger charge is -2.07. The number of nitrogens with two attached hydrogens (primary N) is 1. The van der Waals surface area contributed by atoms with Gasteiger partial charge in [0.15, 0.2) is 9.84 Å². The van der Waals surface area contributed by atoms with Crippen LogP contribution in [0, 0.1) is 6.92 Å². The van der Waals surface area contributed by atoms with Gasteiger partial charge in [-0.25, -0.2) is 8.42 Å². The molecule has 1 fully saturated rings. The lowest BCUT2D eigenvalue weighted by molar-refractivity contribution is -0.139. The molecule has 1 aliphatic carbocycles. The molecule has 0 saturated heterocycles. The summed E-state index contributed by atoms with van der Waals surface area (Å²) in [6, 6.07) is 6.30. The van der Waals surface area contributed by atoms with Crippen molar-refractivity contribution in [1.29, 1.82) is 0 Å². The van der Waals surface area contributed by atoms with Crippen LogP contribution in [-0.4, -0.2) is 30.3 Å². The van der Waals surface area contributed by atoms with Gasteiger partial charge in [0, 0.05) is 0 Å². The van der Waals surface area contributed by atoms with Crippen LogP contribution in [0.4, 0.5) is 0 Å². The number of hydrogen-bond donors (Lipinski definition) is 2. The average Bonchev–Trinajstić information content (AvgIpc) is 2.94. The number of aliphatic carboxylic acids is 1. The van der Waals surface area contributed by atoms with Gasteiger partial charge < -0.3 is 10.8 Å². The molecule has 1 aromatic rings. The zero-order chi connectivity index (χ0) is 12.8. The molecule has 17 heavy (non-hydrogen) atoms. The Kier molecular flexibility index (Phi) is 2.52. The van der Waals surface area contributed by atoms with E-state index in [0.29, 0.717) is 0 Å². The van der Waals surface area contributed by atoms with Crippen LogP contribution in [0.25, 0.3) is 0 Å². The largest absolute Gasteiger partial charge is 0.480 e. The van der Waals surface area contributed by atoms with Crippen LogP contribution in [0.1, 0.15) is 12.0 Å². The molecule has 0 amide bonds. The summed E-state index contributed by atoms with van der Waals surface area (Å²) >= 11 is 0. The highest BCUT2D eigenvalue weighted by molar-refractivity contribution is 7.92. The zero-order valence-electron chi connectivity index (χ0n) is 9.25. The topological polar surface area (TPSA) is 97.5 Å². The van der Waals surface area contributed by atoms with Crippen LogP contribution >= 0.6 is 0 Å². The SMILES string of the molecule is Cc1ccc(S(=O)(=O)[C@@H]2C[C@@]2(N)C(=O)O)cc1. The van der Waals surface area contributed by atoms with Crippen molar-refractivity contribution in [2.75, 3.05) is 0 Å². The van der Waals surface area contributed by atoms with Gasteiger partial charge in [-0.15, -0.1) is 0 Å². The van der Waals surface area contributed by atoms with Crippen LogP contribution in [0.3, 0.4) is 0 Å². The first-order valence-electron chi connectivity index (χ1n) is 5.11. The molecule has 0 aliphatic heterocycles. The van der Waals surface area contributed by atoms with Gasteiger partial charge in [-0.2, -0.15) is 0 Å². The number of aryl methyl sites for hydroxylation is 1. The average molecular weight is 255 g/mol. The second-order valence-corrected chi connectivity index (χ2v) is 6.53. The van der Waals surface area contributed by atoms with Crippen LogP contribution in [-0.2, 0) is 14.6 Å². The Morgan fingerprint density at radius 3 is 2.35 bits per heavy atom. The Hall–Kier alpha value is -1.40. The van der Waals surface area contributed by atoms with Gasteiger partial charge in [0.25, 0.3) is 0 Å². The monoisotopic (exact) mass is 255 g/mol. The van der Waals surface area contributed by atoms with Gasteiger partial charge in [-0.05, 0) is 25.5 Å². The van der Waals surface area contributed by atoms with Crippen LogP contribution in [0.2, 0.25) is 0 Å². The van der Waals surface area contributed by atoms with Crippen molar-refractivity contribution in [1.82, 2.24) is 0 Å². The molecule has 0 unspecified atom stereocenters.